The lowest BCUT2D eigenvalue weighted by molar-refractivity contribution is 0.151. The molecule has 0 fully saturated rings. The minimum absolute atomic E-state index is 0.0340. The fourth-order valence-electron chi connectivity index (χ4n) is 3.03. The van der Waals surface area contributed by atoms with E-state index in [2.05, 4.69) is 15.2 Å². The van der Waals surface area contributed by atoms with Gasteiger partial charge in [-0.25, -0.2) is 13.2 Å². The average molecular weight is 429 g/mol. The number of nitriles is 1. The molecular weight excluding hydrogens is 417 g/mol. The van der Waals surface area contributed by atoms with Gasteiger partial charge in [0.05, 0.1) is 34.1 Å². The van der Waals surface area contributed by atoms with E-state index in [1.165, 1.54) is 18.2 Å². The number of benzene rings is 2. The zero-order chi connectivity index (χ0) is 21.3. The van der Waals surface area contributed by atoms with Gasteiger partial charge in [0.1, 0.15) is 5.75 Å². The SMILES string of the molecule is N#Cc1cc(Oc2c(Cl)ccc(Cc3n[nH]c4cnccc34)c2F)cc(C(F)F)c1. The van der Waals surface area contributed by atoms with Crippen LogP contribution >= 0.6 is 11.6 Å². The van der Waals surface area contributed by atoms with Crippen LogP contribution in [0.5, 0.6) is 11.5 Å². The smallest absolute Gasteiger partial charge is 0.264 e. The van der Waals surface area contributed by atoms with Crippen molar-refractivity contribution in [2.45, 2.75) is 12.8 Å². The first-order valence-electron chi connectivity index (χ1n) is 8.71. The van der Waals surface area contributed by atoms with Crippen molar-refractivity contribution >= 4 is 22.5 Å². The minimum Gasteiger partial charge on any atom is -0.453 e. The highest BCUT2D eigenvalue weighted by Crippen LogP contribution is 2.36. The van der Waals surface area contributed by atoms with Gasteiger partial charge in [-0.05, 0) is 35.9 Å². The Hall–Kier alpha value is -3.57. The third kappa shape index (κ3) is 3.80. The van der Waals surface area contributed by atoms with E-state index in [0.717, 1.165) is 17.5 Å². The molecule has 0 aliphatic rings. The number of halogens is 4. The molecule has 4 aromatic rings. The molecule has 0 aliphatic heterocycles. The standard InChI is InChI=1S/C21H12ClF3N4O/c22-16-2-1-12(8-17-15-3-4-27-10-18(15)29-28-17)19(23)20(16)30-14-6-11(9-26)5-13(7-14)21(24)25/h1-7,10,21H,8H2,(H,28,29). The molecular formula is C21H12ClF3N4O. The van der Waals surface area contributed by atoms with Crippen molar-refractivity contribution in [1.82, 2.24) is 15.2 Å². The monoisotopic (exact) mass is 428 g/mol. The Bertz CT molecular complexity index is 1280. The third-order valence-electron chi connectivity index (χ3n) is 4.46. The number of hydrogen-bond acceptors (Lipinski definition) is 4. The molecule has 2 heterocycles. The Labute approximate surface area is 173 Å². The largest absolute Gasteiger partial charge is 0.453 e. The molecule has 2 aromatic carbocycles. The number of aromatic amines is 1. The molecule has 4 rings (SSSR count). The zero-order valence-corrected chi connectivity index (χ0v) is 15.9. The summed E-state index contributed by atoms with van der Waals surface area (Å²) in [5.41, 5.74) is 1.13. The summed E-state index contributed by atoms with van der Waals surface area (Å²) in [5, 5.41) is 16.8. The Morgan fingerprint density at radius 1 is 1.20 bits per heavy atom. The van der Waals surface area contributed by atoms with Crippen molar-refractivity contribution in [1.29, 1.82) is 5.26 Å². The van der Waals surface area contributed by atoms with E-state index >= 15 is 4.39 Å². The highest BCUT2D eigenvalue weighted by Gasteiger charge is 2.19. The molecule has 0 spiro atoms. The summed E-state index contributed by atoms with van der Waals surface area (Å²) in [6.07, 6.45) is 0.553. The lowest BCUT2D eigenvalue weighted by Gasteiger charge is -2.13. The second-order valence-electron chi connectivity index (χ2n) is 6.42. The molecule has 9 heteroatoms. The Kier molecular flexibility index (Phi) is 5.29. The van der Waals surface area contributed by atoms with Crippen LogP contribution in [0, 0.1) is 17.1 Å². The highest BCUT2D eigenvalue weighted by molar-refractivity contribution is 6.32. The fourth-order valence-corrected chi connectivity index (χ4v) is 3.22. The average Bonchev–Trinajstić information content (AvgIpc) is 3.15. The first-order valence-corrected chi connectivity index (χ1v) is 9.09. The van der Waals surface area contributed by atoms with Crippen molar-refractivity contribution < 1.29 is 17.9 Å². The van der Waals surface area contributed by atoms with Crippen LogP contribution < -0.4 is 4.74 Å². The fraction of sp³-hybridized carbons (Fsp3) is 0.0952. The number of ether oxygens (including phenoxy) is 1. The highest BCUT2D eigenvalue weighted by atomic mass is 35.5. The minimum atomic E-state index is -2.81. The predicted molar refractivity (Wildman–Crippen MR) is 104 cm³/mol. The number of H-pyrrole nitrogens is 1. The maximum atomic E-state index is 15.2. The van der Waals surface area contributed by atoms with E-state index in [4.69, 9.17) is 21.6 Å². The van der Waals surface area contributed by atoms with Gasteiger partial charge in [0.25, 0.3) is 6.43 Å². The molecule has 0 radical (unpaired) electrons. The van der Waals surface area contributed by atoms with Crippen molar-refractivity contribution in [3.8, 4) is 17.6 Å². The number of aromatic nitrogens is 3. The van der Waals surface area contributed by atoms with Gasteiger partial charge in [-0.15, -0.1) is 0 Å². The van der Waals surface area contributed by atoms with Gasteiger partial charge in [0, 0.05) is 23.6 Å². The molecule has 0 saturated heterocycles. The number of fused-ring (bicyclic) bond motifs is 1. The first-order chi connectivity index (χ1) is 14.5. The quantitative estimate of drug-likeness (QED) is 0.426. The second kappa shape index (κ2) is 8.05. The van der Waals surface area contributed by atoms with Crippen molar-refractivity contribution in [2.24, 2.45) is 0 Å². The Morgan fingerprint density at radius 2 is 2.03 bits per heavy atom. The number of pyridine rings is 1. The van der Waals surface area contributed by atoms with E-state index in [1.54, 1.807) is 24.5 Å². The van der Waals surface area contributed by atoms with Crippen LogP contribution in [0.4, 0.5) is 13.2 Å². The van der Waals surface area contributed by atoms with Crippen molar-refractivity contribution in [3.05, 3.63) is 82.0 Å². The van der Waals surface area contributed by atoms with Gasteiger partial charge in [0.15, 0.2) is 11.6 Å². The van der Waals surface area contributed by atoms with E-state index in [0.29, 0.717) is 11.2 Å². The van der Waals surface area contributed by atoms with Gasteiger partial charge in [-0.1, -0.05) is 17.7 Å². The summed E-state index contributed by atoms with van der Waals surface area (Å²) in [6.45, 7) is 0. The van der Waals surface area contributed by atoms with Crippen LogP contribution in [-0.4, -0.2) is 15.2 Å². The van der Waals surface area contributed by atoms with Crippen LogP contribution in [0.1, 0.15) is 28.8 Å². The van der Waals surface area contributed by atoms with Crippen molar-refractivity contribution in [2.75, 3.05) is 0 Å². The molecule has 0 saturated carbocycles. The molecule has 2 aromatic heterocycles. The van der Waals surface area contributed by atoms with Crippen LogP contribution in [-0.2, 0) is 6.42 Å². The Balaban J connectivity index is 1.70. The summed E-state index contributed by atoms with van der Waals surface area (Å²) in [6, 6.07) is 9.82. The number of nitrogens with zero attached hydrogens (tertiary/aromatic N) is 3. The van der Waals surface area contributed by atoms with Crippen LogP contribution in [0.15, 0.2) is 48.8 Å². The van der Waals surface area contributed by atoms with E-state index in [9.17, 15) is 8.78 Å². The second-order valence-corrected chi connectivity index (χ2v) is 6.83. The summed E-state index contributed by atoms with van der Waals surface area (Å²) in [7, 11) is 0. The van der Waals surface area contributed by atoms with Crippen LogP contribution in [0.25, 0.3) is 10.9 Å². The summed E-state index contributed by atoms with van der Waals surface area (Å²) in [5.74, 6) is -1.17. The number of hydrogen-bond donors (Lipinski definition) is 1. The molecule has 1 N–H and O–H groups in total. The maximum absolute atomic E-state index is 15.2. The molecule has 30 heavy (non-hydrogen) atoms. The first kappa shape index (κ1) is 19.7. The van der Waals surface area contributed by atoms with Gasteiger partial charge in [-0.3, -0.25) is 10.1 Å². The van der Waals surface area contributed by atoms with E-state index in [-0.39, 0.29) is 34.1 Å². The molecule has 0 aliphatic carbocycles. The topological polar surface area (TPSA) is 74.6 Å². The molecule has 150 valence electrons. The molecule has 0 amide bonds. The van der Waals surface area contributed by atoms with E-state index in [1.807, 2.05) is 0 Å². The van der Waals surface area contributed by atoms with Gasteiger partial charge in [0.2, 0.25) is 0 Å². The maximum Gasteiger partial charge on any atom is 0.264 e. The van der Waals surface area contributed by atoms with Gasteiger partial charge < -0.3 is 4.74 Å². The summed E-state index contributed by atoms with van der Waals surface area (Å²) >= 11 is 6.10. The molecule has 5 nitrogen and oxygen atoms in total. The summed E-state index contributed by atoms with van der Waals surface area (Å²) in [4.78, 5) is 4.00. The van der Waals surface area contributed by atoms with Gasteiger partial charge in [-0.2, -0.15) is 10.4 Å². The number of alkyl halides is 2. The predicted octanol–water partition coefficient (Wildman–Crippen LogP) is 5.94. The number of nitrogens with one attached hydrogen (secondary N) is 1. The van der Waals surface area contributed by atoms with Crippen LogP contribution in [0.3, 0.4) is 0 Å². The van der Waals surface area contributed by atoms with Crippen molar-refractivity contribution in [3.63, 3.8) is 0 Å². The Morgan fingerprint density at radius 3 is 2.80 bits per heavy atom. The molecule has 0 atom stereocenters. The van der Waals surface area contributed by atoms with Gasteiger partial charge >= 0.3 is 0 Å². The molecule has 0 bridgehead atoms. The number of rotatable bonds is 5. The summed E-state index contributed by atoms with van der Waals surface area (Å²) < 4.78 is 46.8. The lowest BCUT2D eigenvalue weighted by atomic mass is 10.1. The zero-order valence-electron chi connectivity index (χ0n) is 15.2. The lowest BCUT2D eigenvalue weighted by Crippen LogP contribution is -1.99. The normalized spacial score (nSPS) is 11.1. The van der Waals surface area contributed by atoms with Crippen LogP contribution in [0.2, 0.25) is 5.02 Å². The molecule has 0 unspecified atom stereocenters. The third-order valence-corrected chi connectivity index (χ3v) is 4.76. The van der Waals surface area contributed by atoms with E-state index < -0.39 is 17.8 Å².